The Bertz CT molecular complexity index is 1180. The van der Waals surface area contributed by atoms with Crippen molar-refractivity contribution >= 4 is 27.2 Å². The molecule has 190 valence electrons. The Kier molecular flexibility index (Phi) is 7.27. The van der Waals surface area contributed by atoms with Crippen LogP contribution in [-0.2, 0) is 14.6 Å². The van der Waals surface area contributed by atoms with Crippen molar-refractivity contribution in [3.63, 3.8) is 0 Å². The molecule has 2 atom stereocenters. The Morgan fingerprint density at radius 2 is 1.83 bits per heavy atom. The second kappa shape index (κ2) is 10.1. The zero-order chi connectivity index (χ0) is 25.3. The summed E-state index contributed by atoms with van der Waals surface area (Å²) in [7, 11) is -3.91. The van der Waals surface area contributed by atoms with Crippen LogP contribution in [0.2, 0.25) is 0 Å². The molecule has 2 fully saturated rings. The highest BCUT2D eigenvalue weighted by Gasteiger charge is 2.35. The van der Waals surface area contributed by atoms with E-state index in [-0.39, 0.29) is 17.6 Å². The number of likely N-dealkylation sites (tertiary alicyclic amines) is 1. The van der Waals surface area contributed by atoms with Gasteiger partial charge in [-0.15, -0.1) is 0 Å². The monoisotopic (exact) mass is 508 g/mol. The third kappa shape index (κ3) is 5.56. The molecule has 3 heterocycles. The predicted molar refractivity (Wildman–Crippen MR) is 128 cm³/mol. The fourth-order valence-electron chi connectivity index (χ4n) is 4.75. The summed E-state index contributed by atoms with van der Waals surface area (Å²) in [4.78, 5) is 20.9. The molecular formula is C24H30F2N4O4S. The van der Waals surface area contributed by atoms with E-state index in [9.17, 15) is 27.1 Å². The van der Waals surface area contributed by atoms with Gasteiger partial charge in [0.2, 0.25) is 5.91 Å². The third-order valence-electron chi connectivity index (χ3n) is 6.71. The van der Waals surface area contributed by atoms with Gasteiger partial charge in [-0.2, -0.15) is 0 Å². The predicted octanol–water partition coefficient (Wildman–Crippen LogP) is 2.89. The van der Waals surface area contributed by atoms with E-state index in [2.05, 4.69) is 15.2 Å². The molecule has 2 N–H and O–H groups in total. The standard InChI is InChI=1S/C24H30F2N4O4S/c1-15(31)16-5-6-23(27-14-16)29-10-7-17(8-11-29)30-9-3-4-20(24(30)32)28-21-12-19(26)22(13-18(21)25)35(2,33)34/h5-6,12-15,17,20,28,31H,3-4,7-11H2,1-2H3/t15?,20-/m0/s1. The lowest BCUT2D eigenvalue weighted by molar-refractivity contribution is -0.137. The maximum absolute atomic E-state index is 14.5. The number of amides is 1. The third-order valence-corrected chi connectivity index (χ3v) is 7.82. The summed E-state index contributed by atoms with van der Waals surface area (Å²) in [6.45, 7) is 3.74. The number of pyridine rings is 1. The van der Waals surface area contributed by atoms with Crippen LogP contribution in [-0.4, -0.2) is 67.3 Å². The number of aliphatic hydroxyl groups is 1. The van der Waals surface area contributed by atoms with E-state index in [1.807, 2.05) is 17.0 Å². The van der Waals surface area contributed by atoms with Gasteiger partial charge in [-0.25, -0.2) is 22.2 Å². The van der Waals surface area contributed by atoms with E-state index >= 15 is 0 Å². The number of nitrogens with zero attached hydrogens (tertiary/aromatic N) is 3. The lowest BCUT2D eigenvalue weighted by atomic mass is 9.97. The Labute approximate surface area is 203 Å². The smallest absolute Gasteiger partial charge is 0.245 e. The molecule has 0 spiro atoms. The van der Waals surface area contributed by atoms with Gasteiger partial charge >= 0.3 is 0 Å². The summed E-state index contributed by atoms with van der Waals surface area (Å²) < 4.78 is 52.1. The minimum absolute atomic E-state index is 0.0364. The van der Waals surface area contributed by atoms with Crippen LogP contribution in [0.4, 0.5) is 20.3 Å². The van der Waals surface area contributed by atoms with Gasteiger partial charge in [-0.1, -0.05) is 6.07 Å². The molecule has 2 saturated heterocycles. The summed E-state index contributed by atoms with van der Waals surface area (Å²) in [5.41, 5.74) is 0.528. The van der Waals surface area contributed by atoms with Crippen molar-refractivity contribution in [2.75, 3.05) is 36.1 Å². The molecule has 2 aromatic rings. The molecule has 1 unspecified atom stereocenters. The topological polar surface area (TPSA) is 103 Å². The van der Waals surface area contributed by atoms with Gasteiger partial charge in [-0.05, 0) is 50.3 Å². The van der Waals surface area contributed by atoms with Crippen LogP contribution in [0.15, 0.2) is 35.4 Å². The van der Waals surface area contributed by atoms with Crippen LogP contribution >= 0.6 is 0 Å². The van der Waals surface area contributed by atoms with Crippen LogP contribution < -0.4 is 10.2 Å². The van der Waals surface area contributed by atoms with Gasteiger partial charge in [0.25, 0.3) is 0 Å². The number of aliphatic hydroxyl groups excluding tert-OH is 1. The van der Waals surface area contributed by atoms with Gasteiger partial charge < -0.3 is 20.2 Å². The van der Waals surface area contributed by atoms with Crippen LogP contribution in [0.3, 0.4) is 0 Å². The number of halogens is 2. The van der Waals surface area contributed by atoms with Crippen molar-refractivity contribution < 1.29 is 27.1 Å². The van der Waals surface area contributed by atoms with Crippen LogP contribution in [0.25, 0.3) is 0 Å². The first-order valence-corrected chi connectivity index (χ1v) is 13.6. The molecule has 0 bridgehead atoms. The van der Waals surface area contributed by atoms with Gasteiger partial charge in [0.1, 0.15) is 28.4 Å². The Balaban J connectivity index is 1.40. The van der Waals surface area contributed by atoms with E-state index < -0.39 is 38.5 Å². The fourth-order valence-corrected chi connectivity index (χ4v) is 5.48. The Morgan fingerprint density at radius 3 is 2.43 bits per heavy atom. The highest BCUT2D eigenvalue weighted by Crippen LogP contribution is 2.28. The SMILES string of the molecule is CC(O)c1ccc(N2CCC(N3CCC[C@H](Nc4cc(F)c(S(C)(=O)=O)cc4F)C3=O)CC2)nc1. The lowest BCUT2D eigenvalue weighted by Gasteiger charge is -2.42. The number of piperidine rings is 2. The summed E-state index contributed by atoms with van der Waals surface area (Å²) in [6.07, 6.45) is 4.61. The van der Waals surface area contributed by atoms with Crippen LogP contribution in [0, 0.1) is 11.6 Å². The quantitative estimate of drug-likeness (QED) is 0.619. The molecule has 1 aromatic carbocycles. The maximum atomic E-state index is 14.5. The van der Waals surface area contributed by atoms with E-state index in [4.69, 9.17) is 0 Å². The highest BCUT2D eigenvalue weighted by atomic mass is 32.2. The van der Waals surface area contributed by atoms with E-state index in [1.165, 1.54) is 0 Å². The largest absolute Gasteiger partial charge is 0.389 e. The minimum Gasteiger partial charge on any atom is -0.389 e. The number of benzene rings is 1. The first-order chi connectivity index (χ1) is 16.5. The second-order valence-electron chi connectivity index (χ2n) is 9.25. The van der Waals surface area contributed by atoms with E-state index in [1.54, 1.807) is 13.1 Å². The Hall–Kier alpha value is -2.79. The van der Waals surface area contributed by atoms with Gasteiger partial charge in [-0.3, -0.25) is 4.79 Å². The highest BCUT2D eigenvalue weighted by molar-refractivity contribution is 7.90. The molecule has 0 aliphatic carbocycles. The van der Waals surface area contributed by atoms with Gasteiger partial charge in [0.15, 0.2) is 9.84 Å². The van der Waals surface area contributed by atoms with E-state index in [0.29, 0.717) is 19.0 Å². The van der Waals surface area contributed by atoms with Crippen molar-refractivity contribution in [2.24, 2.45) is 0 Å². The van der Waals surface area contributed by atoms with Crippen molar-refractivity contribution in [3.05, 3.63) is 47.7 Å². The van der Waals surface area contributed by atoms with Crippen molar-refractivity contribution in [1.29, 1.82) is 0 Å². The average molecular weight is 509 g/mol. The number of anilines is 2. The van der Waals surface area contributed by atoms with Gasteiger partial charge in [0.05, 0.1) is 11.8 Å². The molecule has 35 heavy (non-hydrogen) atoms. The summed E-state index contributed by atoms with van der Waals surface area (Å²) in [5, 5.41) is 12.5. The number of rotatable bonds is 6. The number of nitrogens with one attached hydrogen (secondary N) is 1. The van der Waals surface area contributed by atoms with Crippen molar-refractivity contribution in [3.8, 4) is 0 Å². The number of hydrogen-bond acceptors (Lipinski definition) is 7. The summed E-state index contributed by atoms with van der Waals surface area (Å²) in [5.74, 6) is -1.31. The minimum atomic E-state index is -3.91. The molecule has 8 nitrogen and oxygen atoms in total. The summed E-state index contributed by atoms with van der Waals surface area (Å²) in [6, 6.07) is 4.51. The molecule has 2 aliphatic rings. The molecule has 0 saturated carbocycles. The van der Waals surface area contributed by atoms with Gasteiger partial charge in [0, 0.05) is 44.2 Å². The number of sulfone groups is 1. The molecule has 11 heteroatoms. The molecule has 0 radical (unpaired) electrons. The fraction of sp³-hybridized carbons (Fsp3) is 0.500. The molecule has 1 amide bonds. The number of aromatic nitrogens is 1. The number of carbonyl (C=O) groups excluding carboxylic acids is 1. The second-order valence-corrected chi connectivity index (χ2v) is 11.2. The number of carbonyl (C=O) groups is 1. The molecule has 2 aliphatic heterocycles. The lowest BCUT2D eigenvalue weighted by Crippen LogP contribution is -2.54. The first kappa shape index (κ1) is 25.3. The average Bonchev–Trinajstić information content (AvgIpc) is 2.82. The molecular weight excluding hydrogens is 478 g/mol. The summed E-state index contributed by atoms with van der Waals surface area (Å²) >= 11 is 0. The zero-order valence-corrected chi connectivity index (χ0v) is 20.6. The van der Waals surface area contributed by atoms with Crippen LogP contribution in [0.5, 0.6) is 0 Å². The normalized spacial score (nSPS) is 20.7. The molecule has 1 aromatic heterocycles. The van der Waals surface area contributed by atoms with Crippen LogP contribution in [0.1, 0.15) is 44.3 Å². The first-order valence-electron chi connectivity index (χ1n) is 11.7. The Morgan fingerprint density at radius 1 is 1.11 bits per heavy atom. The number of hydrogen-bond donors (Lipinski definition) is 2. The zero-order valence-electron chi connectivity index (χ0n) is 19.7. The maximum Gasteiger partial charge on any atom is 0.245 e. The molecule has 4 rings (SSSR count). The van der Waals surface area contributed by atoms with E-state index in [0.717, 1.165) is 56.1 Å². The van der Waals surface area contributed by atoms with Crippen molar-refractivity contribution in [1.82, 2.24) is 9.88 Å². The van der Waals surface area contributed by atoms with Crippen molar-refractivity contribution in [2.45, 2.75) is 55.7 Å².